The monoisotopic (exact) mass is 306 g/mol. The van der Waals surface area contributed by atoms with Crippen molar-refractivity contribution in [1.82, 2.24) is 4.98 Å². The molecule has 0 amide bonds. The third-order valence-corrected chi connectivity index (χ3v) is 4.97. The quantitative estimate of drug-likeness (QED) is 0.925. The van der Waals surface area contributed by atoms with Crippen LogP contribution in [-0.2, 0) is 15.4 Å². The van der Waals surface area contributed by atoms with Crippen LogP contribution in [0.4, 0.5) is 0 Å². The topological polar surface area (TPSA) is 73.0 Å². The highest BCUT2D eigenvalue weighted by molar-refractivity contribution is 9.10. The lowest BCUT2D eigenvalue weighted by Gasteiger charge is -2.30. The van der Waals surface area contributed by atoms with Gasteiger partial charge in [-0.3, -0.25) is 4.98 Å². The third kappa shape index (κ3) is 2.81. The fraction of sp³-hybridized carbons (Fsp3) is 0.500. The molecule has 90 valence electrons. The Morgan fingerprint density at radius 1 is 1.44 bits per heavy atom. The van der Waals surface area contributed by atoms with Gasteiger partial charge in [-0.25, -0.2) is 13.6 Å². The molecule has 1 atom stereocenters. The van der Waals surface area contributed by atoms with Gasteiger partial charge in [-0.05, 0) is 34.5 Å². The largest absolute Gasteiger partial charge is 0.263 e. The van der Waals surface area contributed by atoms with E-state index in [0.29, 0.717) is 0 Å². The molecular formula is C10H15BrN2O2S. The van der Waals surface area contributed by atoms with Gasteiger partial charge in [0.15, 0.2) is 0 Å². The maximum Gasteiger partial charge on any atom is 0.212 e. The third-order valence-electron chi connectivity index (χ3n) is 2.96. The molecule has 0 spiro atoms. The van der Waals surface area contributed by atoms with E-state index in [0.717, 1.165) is 10.0 Å². The SMILES string of the molecule is CC(C(C)(C)c1cncc(Br)c1)S(N)(=O)=O. The lowest BCUT2D eigenvalue weighted by atomic mass is 9.83. The van der Waals surface area contributed by atoms with Crippen molar-refractivity contribution in [3.8, 4) is 0 Å². The van der Waals surface area contributed by atoms with Crippen LogP contribution < -0.4 is 5.14 Å². The van der Waals surface area contributed by atoms with Crippen LogP contribution in [0.1, 0.15) is 26.3 Å². The lowest BCUT2D eigenvalue weighted by Crippen LogP contribution is -2.41. The van der Waals surface area contributed by atoms with E-state index in [1.54, 1.807) is 19.3 Å². The molecule has 16 heavy (non-hydrogen) atoms. The summed E-state index contributed by atoms with van der Waals surface area (Å²) in [7, 11) is -3.56. The Kier molecular flexibility index (Phi) is 3.76. The molecule has 0 aliphatic carbocycles. The van der Waals surface area contributed by atoms with Gasteiger partial charge in [-0.15, -0.1) is 0 Å². The van der Waals surface area contributed by atoms with Crippen LogP contribution in [-0.4, -0.2) is 18.7 Å². The zero-order chi connectivity index (χ0) is 12.6. The first-order chi connectivity index (χ1) is 7.15. The summed E-state index contributed by atoms with van der Waals surface area (Å²) in [6, 6.07) is 1.86. The molecule has 1 rings (SSSR count). The van der Waals surface area contributed by atoms with Crippen molar-refractivity contribution in [3.05, 3.63) is 28.5 Å². The fourth-order valence-corrected chi connectivity index (χ4v) is 2.73. The number of sulfonamides is 1. The van der Waals surface area contributed by atoms with Crippen molar-refractivity contribution >= 4 is 26.0 Å². The van der Waals surface area contributed by atoms with Gasteiger partial charge in [0.05, 0.1) is 5.25 Å². The van der Waals surface area contributed by atoms with Gasteiger partial charge in [-0.2, -0.15) is 0 Å². The highest BCUT2D eigenvalue weighted by Gasteiger charge is 2.35. The van der Waals surface area contributed by atoms with Crippen LogP contribution in [0.3, 0.4) is 0 Å². The molecule has 0 saturated carbocycles. The van der Waals surface area contributed by atoms with E-state index in [1.165, 1.54) is 0 Å². The molecule has 0 radical (unpaired) electrons. The van der Waals surface area contributed by atoms with Crippen LogP contribution in [0, 0.1) is 0 Å². The number of halogens is 1. The molecule has 4 nitrogen and oxygen atoms in total. The van der Waals surface area contributed by atoms with E-state index in [4.69, 9.17) is 5.14 Å². The number of primary sulfonamides is 1. The normalized spacial score (nSPS) is 14.8. The van der Waals surface area contributed by atoms with Crippen LogP contribution >= 0.6 is 15.9 Å². The predicted octanol–water partition coefficient (Wildman–Crippen LogP) is 1.80. The average molecular weight is 307 g/mol. The van der Waals surface area contributed by atoms with E-state index in [1.807, 2.05) is 19.9 Å². The number of pyridine rings is 1. The summed E-state index contributed by atoms with van der Waals surface area (Å²) in [6.07, 6.45) is 3.31. The van der Waals surface area contributed by atoms with Gasteiger partial charge < -0.3 is 0 Å². The minimum absolute atomic E-state index is 0.579. The number of nitrogens with two attached hydrogens (primary N) is 1. The van der Waals surface area contributed by atoms with Crippen LogP contribution in [0.15, 0.2) is 22.9 Å². The molecule has 1 unspecified atom stereocenters. The van der Waals surface area contributed by atoms with Crippen molar-refractivity contribution in [1.29, 1.82) is 0 Å². The predicted molar refractivity (Wildman–Crippen MR) is 67.5 cm³/mol. The molecule has 1 heterocycles. The molecule has 0 aliphatic heterocycles. The van der Waals surface area contributed by atoms with Crippen LogP contribution in [0.5, 0.6) is 0 Å². The number of nitrogens with zero attached hydrogens (tertiary/aromatic N) is 1. The summed E-state index contributed by atoms with van der Waals surface area (Å²) < 4.78 is 23.6. The molecule has 0 saturated heterocycles. The van der Waals surface area contributed by atoms with E-state index in [-0.39, 0.29) is 0 Å². The first-order valence-corrected chi connectivity index (χ1v) is 7.18. The van der Waals surface area contributed by atoms with Crippen molar-refractivity contribution in [3.63, 3.8) is 0 Å². The molecule has 1 aromatic heterocycles. The zero-order valence-corrected chi connectivity index (χ0v) is 11.8. The van der Waals surface area contributed by atoms with E-state index in [9.17, 15) is 8.42 Å². The Hall–Kier alpha value is -0.460. The maximum atomic E-state index is 11.4. The van der Waals surface area contributed by atoms with Crippen LogP contribution in [0.2, 0.25) is 0 Å². The summed E-state index contributed by atoms with van der Waals surface area (Å²) in [4.78, 5) is 4.03. The molecule has 2 N–H and O–H groups in total. The second-order valence-corrected chi connectivity index (χ2v) is 7.15. The van der Waals surface area contributed by atoms with E-state index in [2.05, 4.69) is 20.9 Å². The van der Waals surface area contributed by atoms with Crippen LogP contribution in [0.25, 0.3) is 0 Å². The van der Waals surface area contributed by atoms with Crippen molar-refractivity contribution in [2.75, 3.05) is 0 Å². The van der Waals surface area contributed by atoms with Gasteiger partial charge in [0, 0.05) is 22.3 Å². The number of hydrogen-bond acceptors (Lipinski definition) is 3. The Morgan fingerprint density at radius 3 is 2.44 bits per heavy atom. The Labute approximate surface area is 104 Å². The summed E-state index contributed by atoms with van der Waals surface area (Å²) in [5.41, 5.74) is 0.257. The zero-order valence-electron chi connectivity index (χ0n) is 9.44. The Bertz CT molecular complexity index is 485. The van der Waals surface area contributed by atoms with Crippen molar-refractivity contribution in [2.24, 2.45) is 5.14 Å². The van der Waals surface area contributed by atoms with E-state index < -0.39 is 20.7 Å². The summed E-state index contributed by atoms with van der Waals surface area (Å²) >= 11 is 3.31. The van der Waals surface area contributed by atoms with Gasteiger partial charge in [0.25, 0.3) is 0 Å². The molecule has 0 fully saturated rings. The summed E-state index contributed by atoms with van der Waals surface area (Å²) in [5.74, 6) is 0. The highest BCUT2D eigenvalue weighted by atomic mass is 79.9. The van der Waals surface area contributed by atoms with Gasteiger partial charge >= 0.3 is 0 Å². The first kappa shape index (κ1) is 13.6. The molecule has 6 heteroatoms. The standard InChI is InChI=1S/C10H15BrN2O2S/c1-7(16(12,14)15)10(2,3)8-4-9(11)6-13-5-8/h4-7H,1-3H3,(H2,12,14,15). The smallest absolute Gasteiger partial charge is 0.212 e. The summed E-state index contributed by atoms with van der Waals surface area (Å²) in [5, 5.41) is 4.51. The second-order valence-electron chi connectivity index (χ2n) is 4.34. The summed E-state index contributed by atoms with van der Waals surface area (Å²) in [6.45, 7) is 5.29. The van der Waals surface area contributed by atoms with Crippen molar-refractivity contribution < 1.29 is 8.42 Å². The Morgan fingerprint density at radius 2 is 2.00 bits per heavy atom. The number of aromatic nitrogens is 1. The molecule has 0 aliphatic rings. The molecule has 0 aromatic carbocycles. The minimum Gasteiger partial charge on any atom is -0.263 e. The number of rotatable bonds is 3. The molecule has 1 aromatic rings. The lowest BCUT2D eigenvalue weighted by molar-refractivity contribution is 0.482. The van der Waals surface area contributed by atoms with E-state index >= 15 is 0 Å². The van der Waals surface area contributed by atoms with Gasteiger partial charge in [0.2, 0.25) is 10.0 Å². The fourth-order valence-electron chi connectivity index (χ4n) is 1.41. The minimum atomic E-state index is -3.56. The van der Waals surface area contributed by atoms with Gasteiger partial charge in [0.1, 0.15) is 0 Å². The highest BCUT2D eigenvalue weighted by Crippen LogP contribution is 2.31. The number of hydrogen-bond donors (Lipinski definition) is 1. The molecule has 0 bridgehead atoms. The van der Waals surface area contributed by atoms with Crippen molar-refractivity contribution in [2.45, 2.75) is 31.4 Å². The molecular weight excluding hydrogens is 292 g/mol. The Balaban J connectivity index is 3.21. The average Bonchev–Trinajstić information content (AvgIpc) is 2.15. The second kappa shape index (κ2) is 4.43. The first-order valence-electron chi connectivity index (χ1n) is 4.78. The van der Waals surface area contributed by atoms with Gasteiger partial charge in [-0.1, -0.05) is 13.8 Å². The maximum absolute atomic E-state index is 11.4.